The molecule has 0 unspecified atom stereocenters. The van der Waals surface area contributed by atoms with Crippen LogP contribution in [0.3, 0.4) is 0 Å². The molecule has 6 heteroatoms. The molecule has 0 spiro atoms. The molecule has 106 valence electrons. The molecule has 0 aliphatic rings. The molecule has 0 aliphatic heterocycles. The Hall–Kier alpha value is -1.56. The van der Waals surface area contributed by atoms with Gasteiger partial charge in [0.25, 0.3) is 0 Å². The lowest BCUT2D eigenvalue weighted by Crippen LogP contribution is -2.43. The molecular formula is C13H20N2O3S. The molecule has 0 saturated carbocycles. The first-order valence-electron chi connectivity index (χ1n) is 6.10. The van der Waals surface area contributed by atoms with E-state index >= 15 is 0 Å². The van der Waals surface area contributed by atoms with E-state index in [0.29, 0.717) is 17.7 Å². The molecular weight excluding hydrogens is 264 g/mol. The molecule has 0 aliphatic carbocycles. The Morgan fingerprint density at radius 2 is 1.79 bits per heavy atom. The SMILES string of the molecule is CCCS(=O)(=O)NC(=O)C(C)(C)c1ccc(N)cc1. The Labute approximate surface area is 114 Å². The minimum absolute atomic E-state index is 0.0590. The minimum Gasteiger partial charge on any atom is -0.399 e. The van der Waals surface area contributed by atoms with Gasteiger partial charge in [0.1, 0.15) is 0 Å². The summed E-state index contributed by atoms with van der Waals surface area (Å²) >= 11 is 0. The molecule has 1 aromatic carbocycles. The highest BCUT2D eigenvalue weighted by atomic mass is 32.2. The van der Waals surface area contributed by atoms with Crippen LogP contribution in [0.2, 0.25) is 0 Å². The summed E-state index contributed by atoms with van der Waals surface area (Å²) in [6, 6.07) is 6.82. The van der Waals surface area contributed by atoms with Gasteiger partial charge in [0.15, 0.2) is 0 Å². The van der Waals surface area contributed by atoms with Gasteiger partial charge in [-0.05, 0) is 38.0 Å². The summed E-state index contributed by atoms with van der Waals surface area (Å²) in [6.45, 7) is 5.10. The Morgan fingerprint density at radius 3 is 2.26 bits per heavy atom. The van der Waals surface area contributed by atoms with Crippen LogP contribution in [-0.4, -0.2) is 20.1 Å². The molecule has 1 aromatic rings. The quantitative estimate of drug-likeness (QED) is 0.800. The van der Waals surface area contributed by atoms with Gasteiger partial charge in [-0.2, -0.15) is 0 Å². The van der Waals surface area contributed by atoms with Gasteiger partial charge in [-0.1, -0.05) is 19.1 Å². The standard InChI is InChI=1S/C13H20N2O3S/c1-4-9-19(17,18)15-12(16)13(2,3)10-5-7-11(14)8-6-10/h5-8H,4,9,14H2,1-3H3,(H,15,16). The summed E-state index contributed by atoms with van der Waals surface area (Å²) in [7, 11) is -3.55. The van der Waals surface area contributed by atoms with E-state index in [1.807, 2.05) is 0 Å². The van der Waals surface area contributed by atoms with E-state index < -0.39 is 21.3 Å². The van der Waals surface area contributed by atoms with Crippen molar-refractivity contribution in [3.8, 4) is 0 Å². The number of hydrogen-bond donors (Lipinski definition) is 2. The molecule has 0 radical (unpaired) electrons. The third-order valence-corrected chi connectivity index (χ3v) is 4.36. The van der Waals surface area contributed by atoms with Crippen LogP contribution in [0.15, 0.2) is 24.3 Å². The van der Waals surface area contributed by atoms with E-state index in [1.165, 1.54) is 0 Å². The highest BCUT2D eigenvalue weighted by molar-refractivity contribution is 7.90. The highest BCUT2D eigenvalue weighted by Crippen LogP contribution is 2.24. The molecule has 1 rings (SSSR count). The third-order valence-electron chi connectivity index (χ3n) is 2.92. The second kappa shape index (κ2) is 5.61. The molecule has 0 heterocycles. The van der Waals surface area contributed by atoms with E-state index in [1.54, 1.807) is 45.0 Å². The Morgan fingerprint density at radius 1 is 1.26 bits per heavy atom. The molecule has 0 saturated heterocycles. The number of amides is 1. The number of benzene rings is 1. The number of nitrogen functional groups attached to an aromatic ring is 1. The van der Waals surface area contributed by atoms with Gasteiger partial charge in [0.05, 0.1) is 11.2 Å². The number of nitrogens with two attached hydrogens (primary N) is 1. The monoisotopic (exact) mass is 284 g/mol. The van der Waals surface area contributed by atoms with E-state index in [0.717, 1.165) is 0 Å². The first kappa shape index (κ1) is 15.5. The van der Waals surface area contributed by atoms with Crippen molar-refractivity contribution in [3.05, 3.63) is 29.8 Å². The zero-order chi connectivity index (χ0) is 14.7. The zero-order valence-electron chi connectivity index (χ0n) is 11.4. The fourth-order valence-corrected chi connectivity index (χ4v) is 2.80. The van der Waals surface area contributed by atoms with Crippen molar-refractivity contribution >= 4 is 21.6 Å². The Bertz CT molecular complexity index is 548. The highest BCUT2D eigenvalue weighted by Gasteiger charge is 2.32. The lowest BCUT2D eigenvalue weighted by Gasteiger charge is -2.24. The van der Waals surface area contributed by atoms with E-state index in [9.17, 15) is 13.2 Å². The second-order valence-electron chi connectivity index (χ2n) is 5.00. The Balaban J connectivity index is 2.94. The fraction of sp³-hybridized carbons (Fsp3) is 0.462. The first-order valence-corrected chi connectivity index (χ1v) is 7.75. The number of anilines is 1. The van der Waals surface area contributed by atoms with Gasteiger partial charge in [-0.25, -0.2) is 8.42 Å². The largest absolute Gasteiger partial charge is 0.399 e. The van der Waals surface area contributed by atoms with Gasteiger partial charge in [-0.15, -0.1) is 0 Å². The average molecular weight is 284 g/mol. The smallest absolute Gasteiger partial charge is 0.243 e. The van der Waals surface area contributed by atoms with Gasteiger partial charge in [0, 0.05) is 5.69 Å². The van der Waals surface area contributed by atoms with Crippen LogP contribution in [0, 0.1) is 0 Å². The van der Waals surface area contributed by atoms with Crippen LogP contribution in [0.5, 0.6) is 0 Å². The predicted octanol–water partition coefficient (Wildman–Crippen LogP) is 1.40. The van der Waals surface area contributed by atoms with Gasteiger partial charge in [0.2, 0.25) is 15.9 Å². The molecule has 1 amide bonds. The van der Waals surface area contributed by atoms with Crippen molar-refractivity contribution in [2.75, 3.05) is 11.5 Å². The zero-order valence-corrected chi connectivity index (χ0v) is 12.3. The van der Waals surface area contributed by atoms with Crippen molar-refractivity contribution in [2.24, 2.45) is 0 Å². The van der Waals surface area contributed by atoms with E-state index in [4.69, 9.17) is 5.73 Å². The Kier molecular flexibility index (Phi) is 4.57. The number of sulfonamides is 1. The fourth-order valence-electron chi connectivity index (χ4n) is 1.62. The lowest BCUT2D eigenvalue weighted by atomic mass is 9.84. The van der Waals surface area contributed by atoms with Crippen LogP contribution in [0.25, 0.3) is 0 Å². The van der Waals surface area contributed by atoms with Crippen LogP contribution in [0.1, 0.15) is 32.8 Å². The summed E-state index contributed by atoms with van der Waals surface area (Å²) < 4.78 is 25.4. The van der Waals surface area contributed by atoms with Crippen LogP contribution < -0.4 is 10.5 Å². The molecule has 0 aromatic heterocycles. The number of hydrogen-bond acceptors (Lipinski definition) is 4. The van der Waals surface area contributed by atoms with Gasteiger partial charge < -0.3 is 5.73 Å². The van der Waals surface area contributed by atoms with Gasteiger partial charge in [-0.3, -0.25) is 9.52 Å². The van der Waals surface area contributed by atoms with Crippen LogP contribution in [-0.2, 0) is 20.2 Å². The maximum atomic E-state index is 12.1. The molecule has 0 atom stereocenters. The van der Waals surface area contributed by atoms with Gasteiger partial charge >= 0.3 is 0 Å². The number of carbonyl (C=O) groups is 1. The second-order valence-corrected chi connectivity index (χ2v) is 6.84. The molecule has 5 nitrogen and oxygen atoms in total. The minimum atomic E-state index is -3.55. The maximum Gasteiger partial charge on any atom is 0.243 e. The average Bonchev–Trinajstić information content (AvgIpc) is 2.28. The van der Waals surface area contributed by atoms with Crippen molar-refractivity contribution in [1.82, 2.24) is 4.72 Å². The molecule has 19 heavy (non-hydrogen) atoms. The van der Waals surface area contributed by atoms with Crippen molar-refractivity contribution in [1.29, 1.82) is 0 Å². The summed E-state index contributed by atoms with van der Waals surface area (Å²) in [4.78, 5) is 12.1. The maximum absolute atomic E-state index is 12.1. The topological polar surface area (TPSA) is 89.3 Å². The lowest BCUT2D eigenvalue weighted by molar-refractivity contribution is -0.123. The van der Waals surface area contributed by atoms with Crippen LogP contribution >= 0.6 is 0 Å². The molecule has 0 fully saturated rings. The van der Waals surface area contributed by atoms with E-state index in [-0.39, 0.29) is 5.75 Å². The predicted molar refractivity (Wildman–Crippen MR) is 76.1 cm³/mol. The summed E-state index contributed by atoms with van der Waals surface area (Å²) in [5.74, 6) is -0.595. The number of nitrogens with one attached hydrogen (secondary N) is 1. The molecule has 0 bridgehead atoms. The summed E-state index contributed by atoms with van der Waals surface area (Å²) in [5.41, 5.74) is 5.96. The number of rotatable bonds is 5. The molecule has 3 N–H and O–H groups in total. The first-order chi connectivity index (χ1) is 8.69. The van der Waals surface area contributed by atoms with Crippen LogP contribution in [0.4, 0.5) is 5.69 Å². The van der Waals surface area contributed by atoms with Crippen molar-refractivity contribution in [2.45, 2.75) is 32.6 Å². The number of carbonyl (C=O) groups excluding carboxylic acids is 1. The normalized spacial score (nSPS) is 12.2. The van der Waals surface area contributed by atoms with Crippen molar-refractivity contribution < 1.29 is 13.2 Å². The van der Waals surface area contributed by atoms with E-state index in [2.05, 4.69) is 4.72 Å². The summed E-state index contributed by atoms with van der Waals surface area (Å²) in [6.07, 6.45) is 0.463. The third kappa shape index (κ3) is 3.96. The summed E-state index contributed by atoms with van der Waals surface area (Å²) in [5, 5.41) is 0. The van der Waals surface area contributed by atoms with Crippen molar-refractivity contribution in [3.63, 3.8) is 0 Å².